The maximum absolute atomic E-state index is 11.8. The Morgan fingerprint density at radius 1 is 1.80 bits per heavy atom. The molecule has 0 spiro atoms. The minimum absolute atomic E-state index is 0.357. The molecule has 0 aliphatic carbocycles. The van der Waals surface area contributed by atoms with Crippen LogP contribution in [0.25, 0.3) is 0 Å². The molecule has 0 aromatic carbocycles. The van der Waals surface area contributed by atoms with E-state index in [9.17, 15) is 9.18 Å². The summed E-state index contributed by atoms with van der Waals surface area (Å²) in [6.45, 7) is 2.71. The Balaban J connectivity index is 2.37. The lowest BCUT2D eigenvalue weighted by Gasteiger charge is -2.12. The number of likely N-dealkylation sites (tertiary alicyclic amines) is 1. The molecule has 1 unspecified atom stereocenters. The van der Waals surface area contributed by atoms with E-state index in [0.717, 1.165) is 19.5 Å². The fraction of sp³-hybridized carbons (Fsp3) is 0.857. The molecule has 0 saturated carbocycles. The molecule has 1 rings (SSSR count). The fourth-order valence-corrected chi connectivity index (χ4v) is 1.25. The highest BCUT2D eigenvalue weighted by Gasteiger charge is 2.22. The highest BCUT2D eigenvalue weighted by Crippen LogP contribution is 2.14. The molecule has 58 valence electrons. The van der Waals surface area contributed by atoms with Gasteiger partial charge in [0.05, 0.1) is 0 Å². The van der Waals surface area contributed by atoms with E-state index >= 15 is 0 Å². The van der Waals surface area contributed by atoms with Gasteiger partial charge in [0, 0.05) is 13.1 Å². The normalized spacial score (nSPS) is 25.4. The van der Waals surface area contributed by atoms with Gasteiger partial charge in [0.1, 0.15) is 0 Å². The van der Waals surface area contributed by atoms with E-state index in [1.54, 1.807) is 4.90 Å². The number of carbonyl (C=O) groups excluding carboxylic acids is 1. The standard InChI is InChI=1S/C7H12FNO/c1-6-2-3-9(5-6)7(10)4-8/h6H,2-5H2,1H3. The lowest BCUT2D eigenvalue weighted by Crippen LogP contribution is -2.29. The van der Waals surface area contributed by atoms with Gasteiger partial charge in [0.2, 0.25) is 0 Å². The van der Waals surface area contributed by atoms with Gasteiger partial charge in [-0.1, -0.05) is 6.92 Å². The van der Waals surface area contributed by atoms with E-state index in [2.05, 4.69) is 6.92 Å². The van der Waals surface area contributed by atoms with Crippen LogP contribution in [0.3, 0.4) is 0 Å². The van der Waals surface area contributed by atoms with E-state index in [0.29, 0.717) is 5.92 Å². The Morgan fingerprint density at radius 2 is 2.50 bits per heavy atom. The van der Waals surface area contributed by atoms with E-state index in [1.807, 2.05) is 0 Å². The third-order valence-electron chi connectivity index (χ3n) is 1.89. The van der Waals surface area contributed by atoms with Crippen molar-refractivity contribution in [3.05, 3.63) is 0 Å². The maximum Gasteiger partial charge on any atom is 0.253 e. The first-order valence-corrected chi connectivity index (χ1v) is 3.57. The van der Waals surface area contributed by atoms with E-state index in [-0.39, 0.29) is 5.91 Å². The Morgan fingerprint density at radius 3 is 2.90 bits per heavy atom. The van der Waals surface area contributed by atoms with Crippen molar-refractivity contribution >= 4 is 5.91 Å². The Labute approximate surface area is 60.0 Å². The minimum atomic E-state index is -0.841. The topological polar surface area (TPSA) is 20.3 Å². The molecule has 0 radical (unpaired) electrons. The first-order valence-electron chi connectivity index (χ1n) is 3.57. The predicted octanol–water partition coefficient (Wildman–Crippen LogP) is 0.824. The number of amides is 1. The summed E-state index contributed by atoms with van der Waals surface area (Å²) in [4.78, 5) is 12.3. The van der Waals surface area contributed by atoms with Crippen LogP contribution in [-0.2, 0) is 4.79 Å². The van der Waals surface area contributed by atoms with E-state index in [1.165, 1.54) is 0 Å². The summed E-state index contributed by atoms with van der Waals surface area (Å²) in [5.74, 6) is 0.194. The second-order valence-corrected chi connectivity index (χ2v) is 2.87. The van der Waals surface area contributed by atoms with Gasteiger partial charge < -0.3 is 4.90 Å². The summed E-state index contributed by atoms with van der Waals surface area (Å²) in [7, 11) is 0. The molecule has 1 fully saturated rings. The summed E-state index contributed by atoms with van der Waals surface area (Å²) < 4.78 is 11.8. The number of alkyl halides is 1. The molecule has 1 heterocycles. The molecule has 0 N–H and O–H groups in total. The van der Waals surface area contributed by atoms with Crippen LogP contribution in [0.2, 0.25) is 0 Å². The number of rotatable bonds is 1. The second kappa shape index (κ2) is 2.99. The number of hydrogen-bond donors (Lipinski definition) is 0. The Kier molecular flexibility index (Phi) is 2.25. The smallest absolute Gasteiger partial charge is 0.253 e. The van der Waals surface area contributed by atoms with Crippen LogP contribution in [0.15, 0.2) is 0 Å². The summed E-state index contributed by atoms with van der Waals surface area (Å²) in [6, 6.07) is 0. The number of halogens is 1. The summed E-state index contributed by atoms with van der Waals surface area (Å²) in [5, 5.41) is 0. The van der Waals surface area contributed by atoms with Gasteiger partial charge in [-0.25, -0.2) is 4.39 Å². The van der Waals surface area contributed by atoms with Gasteiger partial charge in [-0.2, -0.15) is 0 Å². The molecule has 0 aromatic heterocycles. The van der Waals surface area contributed by atoms with Crippen molar-refractivity contribution in [2.45, 2.75) is 13.3 Å². The zero-order valence-electron chi connectivity index (χ0n) is 6.14. The van der Waals surface area contributed by atoms with Crippen LogP contribution in [0.5, 0.6) is 0 Å². The van der Waals surface area contributed by atoms with Crippen LogP contribution in [-0.4, -0.2) is 30.6 Å². The molecule has 1 atom stereocenters. The summed E-state index contributed by atoms with van der Waals surface area (Å²) in [5.41, 5.74) is 0. The van der Waals surface area contributed by atoms with Gasteiger partial charge in [-0.15, -0.1) is 0 Å². The van der Waals surface area contributed by atoms with Crippen LogP contribution >= 0.6 is 0 Å². The van der Waals surface area contributed by atoms with E-state index in [4.69, 9.17) is 0 Å². The molecule has 1 amide bonds. The summed E-state index contributed by atoms with van der Waals surface area (Å²) >= 11 is 0. The molecule has 3 heteroatoms. The van der Waals surface area contributed by atoms with Crippen molar-refractivity contribution in [3.63, 3.8) is 0 Å². The highest BCUT2D eigenvalue weighted by atomic mass is 19.1. The summed E-state index contributed by atoms with van der Waals surface area (Å²) in [6.07, 6.45) is 1.02. The van der Waals surface area contributed by atoms with Crippen LogP contribution < -0.4 is 0 Å². The molecular formula is C7H12FNO. The maximum atomic E-state index is 11.8. The number of carbonyl (C=O) groups is 1. The zero-order chi connectivity index (χ0) is 7.56. The average molecular weight is 145 g/mol. The van der Waals surface area contributed by atoms with Gasteiger partial charge in [-0.3, -0.25) is 4.79 Å². The largest absolute Gasteiger partial charge is 0.340 e. The molecule has 2 nitrogen and oxygen atoms in total. The number of hydrogen-bond acceptors (Lipinski definition) is 1. The zero-order valence-corrected chi connectivity index (χ0v) is 6.14. The molecule has 1 aliphatic rings. The third-order valence-corrected chi connectivity index (χ3v) is 1.89. The Bertz CT molecular complexity index is 138. The van der Waals surface area contributed by atoms with Crippen LogP contribution in [0, 0.1) is 5.92 Å². The van der Waals surface area contributed by atoms with E-state index < -0.39 is 6.67 Å². The van der Waals surface area contributed by atoms with Crippen molar-refractivity contribution < 1.29 is 9.18 Å². The minimum Gasteiger partial charge on any atom is -0.340 e. The van der Waals surface area contributed by atoms with Gasteiger partial charge in [0.25, 0.3) is 5.91 Å². The second-order valence-electron chi connectivity index (χ2n) is 2.87. The van der Waals surface area contributed by atoms with Gasteiger partial charge in [-0.05, 0) is 12.3 Å². The molecule has 0 bridgehead atoms. The highest BCUT2D eigenvalue weighted by molar-refractivity contribution is 5.77. The van der Waals surface area contributed by atoms with Crippen molar-refractivity contribution in [3.8, 4) is 0 Å². The lowest BCUT2D eigenvalue weighted by atomic mass is 10.2. The Hall–Kier alpha value is -0.600. The van der Waals surface area contributed by atoms with Crippen molar-refractivity contribution in [1.82, 2.24) is 4.90 Å². The predicted molar refractivity (Wildman–Crippen MR) is 36.3 cm³/mol. The average Bonchev–Trinajstić information content (AvgIpc) is 2.34. The number of nitrogens with zero attached hydrogens (tertiary/aromatic N) is 1. The van der Waals surface area contributed by atoms with Crippen molar-refractivity contribution in [2.24, 2.45) is 5.92 Å². The molecule has 0 aromatic rings. The van der Waals surface area contributed by atoms with Crippen LogP contribution in [0.4, 0.5) is 4.39 Å². The quantitative estimate of drug-likeness (QED) is 0.535. The van der Waals surface area contributed by atoms with Gasteiger partial charge in [0.15, 0.2) is 6.67 Å². The third kappa shape index (κ3) is 1.46. The van der Waals surface area contributed by atoms with Gasteiger partial charge >= 0.3 is 0 Å². The molecule has 10 heavy (non-hydrogen) atoms. The lowest BCUT2D eigenvalue weighted by molar-refractivity contribution is -0.131. The molecular weight excluding hydrogens is 133 g/mol. The monoisotopic (exact) mass is 145 g/mol. The fourth-order valence-electron chi connectivity index (χ4n) is 1.25. The molecule has 1 saturated heterocycles. The van der Waals surface area contributed by atoms with Crippen molar-refractivity contribution in [2.75, 3.05) is 19.8 Å². The van der Waals surface area contributed by atoms with Crippen molar-refractivity contribution in [1.29, 1.82) is 0 Å². The van der Waals surface area contributed by atoms with Crippen LogP contribution in [0.1, 0.15) is 13.3 Å². The SMILES string of the molecule is CC1CCN(C(=O)CF)C1. The molecule has 1 aliphatic heterocycles. The first kappa shape index (κ1) is 7.51. The first-order chi connectivity index (χ1) is 4.74.